The zero-order valence-electron chi connectivity index (χ0n) is 22.1. The minimum atomic E-state index is -0.366. The quantitative estimate of drug-likeness (QED) is 0.166. The molecular formula is C30H34N2O4S2. The van der Waals surface area contributed by atoms with E-state index in [4.69, 9.17) is 4.74 Å². The molecule has 2 amide bonds. The molecule has 2 aromatic carbocycles. The monoisotopic (exact) mass is 550 g/mol. The molecule has 2 N–H and O–H groups in total. The second-order valence-electron chi connectivity index (χ2n) is 9.29. The number of rotatable bonds is 9. The number of ether oxygens (including phenoxy) is 1. The molecule has 0 aliphatic heterocycles. The van der Waals surface area contributed by atoms with Gasteiger partial charge in [-0.15, -0.1) is 23.1 Å². The molecule has 0 saturated heterocycles. The summed E-state index contributed by atoms with van der Waals surface area (Å²) in [6, 6.07) is 15.0. The summed E-state index contributed by atoms with van der Waals surface area (Å²) in [6.45, 7) is 5.96. The van der Waals surface area contributed by atoms with Crippen LogP contribution < -0.4 is 10.6 Å². The molecular weight excluding hydrogens is 516 g/mol. The van der Waals surface area contributed by atoms with Gasteiger partial charge in [-0.05, 0) is 81.3 Å². The SMILES string of the molecule is CCOC(=O)c1c(NC(=O)C(CC)Sc2cccc(NC(=O)c3ccccc3C)c2)sc2c1CCCCC2. The highest BCUT2D eigenvalue weighted by atomic mass is 32.2. The summed E-state index contributed by atoms with van der Waals surface area (Å²) in [5.41, 5.74) is 3.78. The maximum atomic E-state index is 13.4. The number of carbonyl (C=O) groups excluding carboxylic acids is 3. The highest BCUT2D eigenvalue weighted by Crippen LogP contribution is 2.39. The Morgan fingerprint density at radius 1 is 1.00 bits per heavy atom. The van der Waals surface area contributed by atoms with Crippen LogP contribution in [0.25, 0.3) is 0 Å². The van der Waals surface area contributed by atoms with E-state index >= 15 is 0 Å². The number of fused-ring (bicyclic) bond motifs is 1. The van der Waals surface area contributed by atoms with Crippen molar-refractivity contribution in [3.05, 3.63) is 75.7 Å². The molecule has 1 aliphatic rings. The minimum Gasteiger partial charge on any atom is -0.462 e. The third kappa shape index (κ3) is 6.66. The molecule has 3 aromatic rings. The van der Waals surface area contributed by atoms with Crippen LogP contribution in [0.1, 0.15) is 76.3 Å². The number of amides is 2. The van der Waals surface area contributed by atoms with Crippen molar-refractivity contribution in [1.29, 1.82) is 0 Å². The summed E-state index contributed by atoms with van der Waals surface area (Å²) in [6.07, 6.45) is 5.64. The number of carbonyl (C=O) groups is 3. The molecule has 1 aromatic heterocycles. The van der Waals surface area contributed by atoms with E-state index < -0.39 is 0 Å². The third-order valence-corrected chi connectivity index (χ3v) is 9.13. The Bertz CT molecular complexity index is 1320. The molecule has 8 heteroatoms. The van der Waals surface area contributed by atoms with Gasteiger partial charge in [0, 0.05) is 21.0 Å². The molecule has 0 radical (unpaired) electrons. The van der Waals surface area contributed by atoms with Gasteiger partial charge in [-0.25, -0.2) is 4.79 Å². The smallest absolute Gasteiger partial charge is 0.341 e. The predicted molar refractivity (Wildman–Crippen MR) is 156 cm³/mol. The molecule has 0 bridgehead atoms. The molecule has 0 fully saturated rings. The number of thioether (sulfide) groups is 1. The van der Waals surface area contributed by atoms with Gasteiger partial charge in [0.05, 0.1) is 17.4 Å². The zero-order chi connectivity index (χ0) is 27.1. The molecule has 0 saturated carbocycles. The lowest BCUT2D eigenvalue weighted by Gasteiger charge is -2.16. The minimum absolute atomic E-state index is 0.145. The molecule has 1 atom stereocenters. The van der Waals surface area contributed by atoms with Crippen LogP contribution in [0.2, 0.25) is 0 Å². The van der Waals surface area contributed by atoms with Crippen molar-refractivity contribution < 1.29 is 19.1 Å². The Kier molecular flexibility index (Phi) is 9.63. The topological polar surface area (TPSA) is 84.5 Å². The maximum absolute atomic E-state index is 13.4. The van der Waals surface area contributed by atoms with Crippen molar-refractivity contribution in [2.45, 2.75) is 69.4 Å². The van der Waals surface area contributed by atoms with Crippen LogP contribution in [0.15, 0.2) is 53.4 Å². The fraction of sp³-hybridized carbons (Fsp3) is 0.367. The highest BCUT2D eigenvalue weighted by Gasteiger charge is 2.28. The Morgan fingerprint density at radius 2 is 1.79 bits per heavy atom. The molecule has 1 heterocycles. The van der Waals surface area contributed by atoms with Gasteiger partial charge in [0.1, 0.15) is 5.00 Å². The molecule has 1 unspecified atom stereocenters. The maximum Gasteiger partial charge on any atom is 0.341 e. The first-order valence-electron chi connectivity index (χ1n) is 13.2. The highest BCUT2D eigenvalue weighted by molar-refractivity contribution is 8.00. The van der Waals surface area contributed by atoms with E-state index in [9.17, 15) is 14.4 Å². The number of hydrogen-bond donors (Lipinski definition) is 2. The van der Waals surface area contributed by atoms with Crippen LogP contribution in [0, 0.1) is 6.92 Å². The lowest BCUT2D eigenvalue weighted by Crippen LogP contribution is -2.25. The van der Waals surface area contributed by atoms with Gasteiger partial charge >= 0.3 is 5.97 Å². The van der Waals surface area contributed by atoms with Crippen LogP contribution in [-0.4, -0.2) is 29.6 Å². The first kappa shape index (κ1) is 27.9. The Balaban J connectivity index is 1.49. The molecule has 0 spiro atoms. The predicted octanol–water partition coefficient (Wildman–Crippen LogP) is 7.26. The van der Waals surface area contributed by atoms with Gasteiger partial charge in [0.15, 0.2) is 0 Å². The van der Waals surface area contributed by atoms with Gasteiger partial charge in [0.2, 0.25) is 5.91 Å². The molecule has 4 rings (SSSR count). The van der Waals surface area contributed by atoms with Crippen LogP contribution in [0.5, 0.6) is 0 Å². The first-order chi connectivity index (χ1) is 18.4. The summed E-state index contributed by atoms with van der Waals surface area (Å²) in [5.74, 6) is -0.673. The van der Waals surface area contributed by atoms with Gasteiger partial charge < -0.3 is 15.4 Å². The van der Waals surface area contributed by atoms with Gasteiger partial charge in [0.25, 0.3) is 5.91 Å². The molecule has 1 aliphatic carbocycles. The van der Waals surface area contributed by atoms with E-state index in [-0.39, 0.29) is 23.0 Å². The average molecular weight is 551 g/mol. The number of thiophene rings is 1. The lowest BCUT2D eigenvalue weighted by atomic mass is 10.1. The Morgan fingerprint density at radius 3 is 2.55 bits per heavy atom. The van der Waals surface area contributed by atoms with Crippen LogP contribution >= 0.6 is 23.1 Å². The van der Waals surface area contributed by atoms with Crippen molar-refractivity contribution >= 4 is 51.6 Å². The summed E-state index contributed by atoms with van der Waals surface area (Å²) < 4.78 is 5.36. The second kappa shape index (κ2) is 13.1. The second-order valence-corrected chi connectivity index (χ2v) is 11.7. The van der Waals surface area contributed by atoms with Crippen LogP contribution in [0.3, 0.4) is 0 Å². The Hall–Kier alpha value is -3.10. The Labute approximate surface area is 232 Å². The molecule has 6 nitrogen and oxygen atoms in total. The first-order valence-corrected chi connectivity index (χ1v) is 14.9. The average Bonchev–Trinajstić information content (AvgIpc) is 3.07. The van der Waals surface area contributed by atoms with Crippen LogP contribution in [-0.2, 0) is 22.4 Å². The number of hydrogen-bond acceptors (Lipinski definition) is 6. The van der Waals surface area contributed by atoms with Crippen LogP contribution in [0.4, 0.5) is 10.7 Å². The van der Waals surface area contributed by atoms with Crippen molar-refractivity contribution in [2.75, 3.05) is 17.2 Å². The number of nitrogens with one attached hydrogen (secondary N) is 2. The fourth-order valence-corrected chi connectivity index (χ4v) is 6.90. The number of aryl methyl sites for hydroxylation is 2. The number of anilines is 2. The number of benzene rings is 2. The summed E-state index contributed by atoms with van der Waals surface area (Å²) in [7, 11) is 0. The van der Waals surface area contributed by atoms with Crippen molar-refractivity contribution in [1.82, 2.24) is 0 Å². The summed E-state index contributed by atoms with van der Waals surface area (Å²) >= 11 is 2.95. The van der Waals surface area contributed by atoms with Crippen molar-refractivity contribution in [3.63, 3.8) is 0 Å². The molecule has 200 valence electrons. The van der Waals surface area contributed by atoms with E-state index in [0.29, 0.717) is 34.8 Å². The van der Waals surface area contributed by atoms with E-state index in [0.717, 1.165) is 48.1 Å². The lowest BCUT2D eigenvalue weighted by molar-refractivity contribution is -0.115. The van der Waals surface area contributed by atoms with Gasteiger partial charge in [-0.3, -0.25) is 9.59 Å². The summed E-state index contributed by atoms with van der Waals surface area (Å²) in [4.78, 5) is 41.1. The number of esters is 1. The van der Waals surface area contributed by atoms with Gasteiger partial charge in [-0.1, -0.05) is 37.6 Å². The normalized spacial score (nSPS) is 13.7. The van der Waals surface area contributed by atoms with E-state index in [1.54, 1.807) is 13.0 Å². The van der Waals surface area contributed by atoms with Crippen molar-refractivity contribution in [2.24, 2.45) is 0 Å². The third-order valence-electron chi connectivity index (χ3n) is 6.56. The molecule has 38 heavy (non-hydrogen) atoms. The van der Waals surface area contributed by atoms with Crippen molar-refractivity contribution in [3.8, 4) is 0 Å². The van der Waals surface area contributed by atoms with E-state index in [2.05, 4.69) is 10.6 Å². The van der Waals surface area contributed by atoms with E-state index in [1.807, 2.05) is 56.3 Å². The van der Waals surface area contributed by atoms with E-state index in [1.165, 1.54) is 28.0 Å². The standard InChI is InChI=1S/C30H34N2O4S2/c1-4-24(37-21-14-11-13-20(18-21)31-27(33)22-15-10-9-12-19(22)3)28(34)32-29-26(30(35)36-5-2)23-16-7-6-8-17-25(23)38-29/h9-15,18,24H,4-8,16-17H2,1-3H3,(H,31,33)(H,32,34). The fourth-order valence-electron chi connectivity index (χ4n) is 4.60. The zero-order valence-corrected chi connectivity index (χ0v) is 23.7. The summed E-state index contributed by atoms with van der Waals surface area (Å²) in [5, 5.41) is 6.25. The largest absolute Gasteiger partial charge is 0.462 e. The van der Waals surface area contributed by atoms with Gasteiger partial charge in [-0.2, -0.15) is 0 Å².